The number of fused-ring (bicyclic) bond motifs is 2. The first-order valence-corrected chi connectivity index (χ1v) is 26.4. The molecular weight excluding hydrogens is 1040 g/mol. The summed E-state index contributed by atoms with van der Waals surface area (Å²) in [7, 11) is 0. The summed E-state index contributed by atoms with van der Waals surface area (Å²) in [5.74, 6) is -1.75. The van der Waals surface area contributed by atoms with Gasteiger partial charge >= 0.3 is 11.9 Å². The van der Waals surface area contributed by atoms with Gasteiger partial charge in [-0.25, -0.2) is 9.59 Å². The number of ether oxygens (including phenoxy) is 1. The molecule has 0 saturated carbocycles. The molecule has 0 aliphatic heterocycles. The third-order valence-electron chi connectivity index (χ3n) is 13.9. The van der Waals surface area contributed by atoms with Gasteiger partial charge in [-0.15, -0.1) is 0 Å². The zero-order valence-electron chi connectivity index (χ0n) is 45.6. The van der Waals surface area contributed by atoms with Gasteiger partial charge in [-0.3, -0.25) is 29.8 Å². The summed E-state index contributed by atoms with van der Waals surface area (Å²) in [6.07, 6.45) is 3.97. The van der Waals surface area contributed by atoms with Crippen LogP contribution in [0.4, 0.5) is 11.4 Å². The number of carboxylic acids is 1. The van der Waals surface area contributed by atoms with Gasteiger partial charge < -0.3 is 29.6 Å². The van der Waals surface area contributed by atoms with E-state index in [1.807, 2.05) is 144 Å². The van der Waals surface area contributed by atoms with Crippen molar-refractivity contribution < 1.29 is 38.9 Å². The van der Waals surface area contributed by atoms with E-state index in [0.717, 1.165) is 60.8 Å². The number of nitro groups is 2. The van der Waals surface area contributed by atoms with Crippen LogP contribution in [0.3, 0.4) is 0 Å². The van der Waals surface area contributed by atoms with Gasteiger partial charge in [-0.2, -0.15) is 0 Å². The van der Waals surface area contributed by atoms with E-state index in [0.29, 0.717) is 35.3 Å². The number of nitrogens with one attached hydrogen (secondary N) is 2. The molecule has 16 nitrogen and oxygen atoms in total. The minimum absolute atomic E-state index is 0.00621. The Balaban J connectivity index is 0.000000198. The van der Waals surface area contributed by atoms with Crippen LogP contribution in [0.1, 0.15) is 110 Å². The summed E-state index contributed by atoms with van der Waals surface area (Å²) < 4.78 is 9.83. The molecule has 0 aliphatic carbocycles. The fourth-order valence-corrected chi connectivity index (χ4v) is 9.59. The average molecular weight is 1100 g/mol. The van der Waals surface area contributed by atoms with Crippen molar-refractivity contribution in [2.24, 2.45) is 0 Å². The van der Waals surface area contributed by atoms with E-state index in [1.165, 1.54) is 24.3 Å². The fraction of sp³-hybridized carbons (Fsp3) is 0.152. The Labute approximate surface area is 472 Å². The molecule has 0 spiro atoms. The van der Waals surface area contributed by atoms with E-state index >= 15 is 0 Å². The third-order valence-corrected chi connectivity index (χ3v) is 13.9. The van der Waals surface area contributed by atoms with Crippen molar-refractivity contribution >= 4 is 56.9 Å². The predicted molar refractivity (Wildman–Crippen MR) is 316 cm³/mol. The van der Waals surface area contributed by atoms with Crippen LogP contribution >= 0.6 is 0 Å². The molecule has 82 heavy (non-hydrogen) atoms. The molecule has 0 aliphatic rings. The van der Waals surface area contributed by atoms with Crippen LogP contribution in [0.5, 0.6) is 0 Å². The lowest BCUT2D eigenvalue weighted by atomic mass is 9.98. The maximum atomic E-state index is 13.0. The number of nitro benzene ring substituents is 2. The lowest BCUT2D eigenvalue weighted by molar-refractivity contribution is -0.385. The summed E-state index contributed by atoms with van der Waals surface area (Å²) in [5.41, 5.74) is 10.3. The van der Waals surface area contributed by atoms with Crippen molar-refractivity contribution in [3.05, 3.63) is 271 Å². The molecule has 2 atom stereocenters. The first-order valence-electron chi connectivity index (χ1n) is 26.4. The third kappa shape index (κ3) is 13.3. The predicted octanol–water partition coefficient (Wildman–Crippen LogP) is 14.2. The van der Waals surface area contributed by atoms with Crippen molar-refractivity contribution in [2.45, 2.75) is 65.4 Å². The van der Waals surface area contributed by atoms with Crippen molar-refractivity contribution in [3.8, 4) is 22.3 Å². The van der Waals surface area contributed by atoms with Crippen molar-refractivity contribution in [1.29, 1.82) is 0 Å². The Morgan fingerprint density at radius 2 is 0.915 bits per heavy atom. The molecule has 0 bridgehead atoms. The van der Waals surface area contributed by atoms with Gasteiger partial charge in [-0.1, -0.05) is 109 Å². The SMILES string of the molecule is C[C@H](NC(=O)c1ccc2c(ccn2Cc2ccc(-c3ccccc3C(=O)O)cc2)c1)c1ccc([N+](=O)[O-])cc1.C[C@H](NC(=O)c1ccc2c(ccn2Cc2ccc(-c3ccccc3C(=O)OC(C)(C)C)cc2)c1)c1ccc([N+](=O)[O-])cc1. The van der Waals surface area contributed by atoms with Crippen LogP contribution in [0.15, 0.2) is 207 Å². The number of non-ortho nitro benzene ring substituents is 2. The van der Waals surface area contributed by atoms with Crippen LogP contribution in [0.2, 0.25) is 0 Å². The molecule has 0 unspecified atom stereocenters. The number of esters is 1. The largest absolute Gasteiger partial charge is 0.478 e. The topological polar surface area (TPSA) is 218 Å². The number of carbonyl (C=O) groups is 4. The van der Waals surface area contributed by atoms with Crippen molar-refractivity contribution in [3.63, 3.8) is 0 Å². The van der Waals surface area contributed by atoms with Gasteiger partial charge in [0.2, 0.25) is 0 Å². The summed E-state index contributed by atoms with van der Waals surface area (Å²) in [4.78, 5) is 71.1. The highest BCUT2D eigenvalue weighted by molar-refractivity contribution is 6.00. The Morgan fingerprint density at radius 3 is 1.30 bits per heavy atom. The van der Waals surface area contributed by atoms with Gasteiger partial charge in [0.1, 0.15) is 5.60 Å². The second-order valence-electron chi connectivity index (χ2n) is 20.8. The monoisotopic (exact) mass is 1090 g/mol. The smallest absolute Gasteiger partial charge is 0.339 e. The van der Waals surface area contributed by atoms with Crippen LogP contribution in [-0.4, -0.2) is 53.4 Å². The Hall–Kier alpha value is -10.5. The van der Waals surface area contributed by atoms with Crippen LogP contribution in [0.25, 0.3) is 44.1 Å². The van der Waals surface area contributed by atoms with E-state index < -0.39 is 21.4 Å². The van der Waals surface area contributed by atoms with E-state index in [-0.39, 0.29) is 46.8 Å². The fourth-order valence-electron chi connectivity index (χ4n) is 9.59. The second kappa shape index (κ2) is 24.3. The Kier molecular flexibility index (Phi) is 16.6. The lowest BCUT2D eigenvalue weighted by Gasteiger charge is -2.20. The Bertz CT molecular complexity index is 4010. The maximum absolute atomic E-state index is 13.0. The van der Waals surface area contributed by atoms with Crippen LogP contribution < -0.4 is 10.6 Å². The highest BCUT2D eigenvalue weighted by atomic mass is 16.6. The molecule has 0 saturated heterocycles. The number of hydrogen-bond acceptors (Lipinski definition) is 9. The second-order valence-corrected chi connectivity index (χ2v) is 20.8. The lowest BCUT2D eigenvalue weighted by Crippen LogP contribution is -2.26. The summed E-state index contributed by atoms with van der Waals surface area (Å²) >= 11 is 0. The standard InChI is InChI=1S/C35H33N3O5.C31H25N3O5/c1-23(25-13-16-29(17-14-25)38(41)42)36-33(39)28-15-18-32-27(21-28)19-20-37(32)22-24-9-11-26(12-10-24)30-7-5-6-8-31(30)34(40)43-35(2,3)4;1-20(22-10-13-26(14-11-22)34(38)39)32-30(35)25-12-15-29-24(18-25)16-17-33(29)19-21-6-8-23(9-7-21)27-4-2-3-5-28(27)31(36)37/h5-21,23H,22H2,1-4H3,(H,36,39);2-18,20H,19H2,1H3,(H,32,35)(H,36,37)/t23-;20-/m00/s1. The van der Waals surface area contributed by atoms with E-state index in [4.69, 9.17) is 4.74 Å². The van der Waals surface area contributed by atoms with Gasteiger partial charge in [-0.05, 0) is 140 Å². The molecule has 2 heterocycles. The zero-order valence-corrected chi connectivity index (χ0v) is 45.6. The molecule has 3 N–H and O–H groups in total. The van der Waals surface area contributed by atoms with Gasteiger partial charge in [0.05, 0.1) is 33.1 Å². The van der Waals surface area contributed by atoms with E-state index in [2.05, 4.69) is 31.9 Å². The minimum atomic E-state index is -0.956. The molecule has 0 radical (unpaired) electrons. The summed E-state index contributed by atoms with van der Waals surface area (Å²) in [6.45, 7) is 10.5. The number of benzene rings is 8. The van der Waals surface area contributed by atoms with Crippen molar-refractivity contribution in [2.75, 3.05) is 0 Å². The number of hydrogen-bond donors (Lipinski definition) is 3. The van der Waals surface area contributed by atoms with Gasteiger partial charge in [0.25, 0.3) is 23.2 Å². The molecule has 0 fully saturated rings. The average Bonchev–Trinajstić information content (AvgIpc) is 4.17. The van der Waals surface area contributed by atoms with Crippen LogP contribution in [-0.2, 0) is 17.8 Å². The normalized spacial score (nSPS) is 11.9. The van der Waals surface area contributed by atoms with Crippen LogP contribution in [0, 0.1) is 20.2 Å². The molecule has 8 aromatic carbocycles. The highest BCUT2D eigenvalue weighted by Gasteiger charge is 2.22. The first kappa shape index (κ1) is 56.2. The molecule has 2 amide bonds. The number of carbonyl (C=O) groups excluding carboxylic acids is 3. The number of carboxylic acid groups (broad SMARTS) is 1. The molecule has 16 heteroatoms. The minimum Gasteiger partial charge on any atom is -0.478 e. The highest BCUT2D eigenvalue weighted by Crippen LogP contribution is 2.29. The number of aromatic nitrogens is 2. The van der Waals surface area contributed by atoms with Crippen molar-refractivity contribution in [1.82, 2.24) is 19.8 Å². The first-order chi connectivity index (χ1) is 39.3. The molecule has 2 aromatic heterocycles. The quantitative estimate of drug-likeness (QED) is 0.0472. The summed E-state index contributed by atoms with van der Waals surface area (Å²) in [5, 5.41) is 39.0. The molecule has 10 aromatic rings. The number of amides is 2. The summed E-state index contributed by atoms with van der Waals surface area (Å²) in [6, 6.07) is 57.1. The van der Waals surface area contributed by atoms with Gasteiger partial charge in [0.15, 0.2) is 0 Å². The van der Waals surface area contributed by atoms with E-state index in [1.54, 1.807) is 60.7 Å². The molecule has 10 rings (SSSR count). The molecule has 412 valence electrons. The molecular formula is C66H58N6O10. The number of aromatic carboxylic acids is 1. The zero-order chi connectivity index (χ0) is 58.2. The number of nitrogens with zero attached hydrogens (tertiary/aromatic N) is 4. The number of rotatable bonds is 16. The Morgan fingerprint density at radius 1 is 0.524 bits per heavy atom. The van der Waals surface area contributed by atoms with Gasteiger partial charge in [0, 0.05) is 82.7 Å². The maximum Gasteiger partial charge on any atom is 0.339 e. The van der Waals surface area contributed by atoms with E-state index in [9.17, 15) is 44.5 Å².